The molecule has 6 heteroatoms. The van der Waals surface area contributed by atoms with E-state index < -0.39 is 0 Å². The summed E-state index contributed by atoms with van der Waals surface area (Å²) in [5.74, 6) is -0.0276. The van der Waals surface area contributed by atoms with Crippen LogP contribution in [-0.4, -0.2) is 16.3 Å². The number of para-hydroxylation sites is 1. The summed E-state index contributed by atoms with van der Waals surface area (Å²) < 4.78 is 0. The molecule has 4 nitrogen and oxygen atoms in total. The van der Waals surface area contributed by atoms with Crippen LogP contribution in [0.15, 0.2) is 83.8 Å². The van der Waals surface area contributed by atoms with Crippen LogP contribution >= 0.6 is 24.0 Å². The van der Waals surface area contributed by atoms with E-state index >= 15 is 0 Å². The minimum Gasteiger partial charge on any atom is -0.332 e. The third kappa shape index (κ3) is 6.62. The van der Waals surface area contributed by atoms with Crippen LogP contribution in [0.5, 0.6) is 0 Å². The number of thioether (sulfide) groups is 1. The molecule has 3 aromatic carbocycles. The number of amides is 1. The molecule has 0 aromatic heterocycles. The fraction of sp³-hybridized carbons (Fsp3) is 0.130. The molecule has 0 bridgehead atoms. The Morgan fingerprint density at radius 2 is 1.45 bits per heavy atom. The van der Waals surface area contributed by atoms with Crippen LogP contribution in [-0.2, 0) is 4.79 Å². The largest absolute Gasteiger partial charge is 0.332 e. The Morgan fingerprint density at radius 3 is 2.17 bits per heavy atom. The number of hydrogen-bond donors (Lipinski definition) is 3. The van der Waals surface area contributed by atoms with Crippen LogP contribution in [0.2, 0.25) is 0 Å². The van der Waals surface area contributed by atoms with Crippen molar-refractivity contribution < 1.29 is 4.79 Å². The highest BCUT2D eigenvalue weighted by Crippen LogP contribution is 2.27. The van der Waals surface area contributed by atoms with E-state index in [4.69, 9.17) is 12.2 Å². The molecule has 0 spiro atoms. The lowest BCUT2D eigenvalue weighted by atomic mass is 10.2. The van der Waals surface area contributed by atoms with Gasteiger partial charge < -0.3 is 16.0 Å². The zero-order chi connectivity index (χ0) is 20.6. The molecule has 29 heavy (non-hydrogen) atoms. The van der Waals surface area contributed by atoms with Crippen molar-refractivity contribution in [2.45, 2.75) is 24.0 Å². The first kappa shape index (κ1) is 20.9. The maximum absolute atomic E-state index is 12.5. The van der Waals surface area contributed by atoms with Gasteiger partial charge >= 0.3 is 0 Å². The normalized spacial score (nSPS) is 11.4. The average Bonchev–Trinajstić information content (AvgIpc) is 2.69. The molecule has 148 valence electrons. The lowest BCUT2D eigenvalue weighted by Crippen LogP contribution is -2.22. The van der Waals surface area contributed by atoms with Gasteiger partial charge in [-0.1, -0.05) is 36.4 Å². The van der Waals surface area contributed by atoms with Gasteiger partial charge in [0.1, 0.15) is 0 Å². The van der Waals surface area contributed by atoms with Crippen LogP contribution in [0.4, 0.5) is 17.1 Å². The molecule has 0 aliphatic carbocycles. The van der Waals surface area contributed by atoms with Crippen LogP contribution in [0.3, 0.4) is 0 Å². The number of carbonyl (C=O) groups is 1. The molecule has 3 N–H and O–H groups in total. The number of hydrogen-bond acceptors (Lipinski definition) is 3. The summed E-state index contributed by atoms with van der Waals surface area (Å²) in [6.45, 7) is 3.90. The van der Waals surface area contributed by atoms with Crippen molar-refractivity contribution in [1.82, 2.24) is 0 Å². The molecule has 0 radical (unpaired) electrons. The Hall–Kier alpha value is -2.83. The number of nitrogens with one attached hydrogen (secondary N) is 3. The molecule has 0 fully saturated rings. The molecule has 0 saturated carbocycles. The number of rotatable bonds is 6. The predicted molar refractivity (Wildman–Crippen MR) is 128 cm³/mol. The maximum atomic E-state index is 12.5. The molecule has 3 aromatic rings. The van der Waals surface area contributed by atoms with Gasteiger partial charge in [-0.2, -0.15) is 0 Å². The van der Waals surface area contributed by atoms with Crippen molar-refractivity contribution in [3.05, 3.63) is 84.4 Å². The second kappa shape index (κ2) is 10.1. The maximum Gasteiger partial charge on any atom is 0.237 e. The molecule has 0 aliphatic heterocycles. The SMILES string of the molecule is Cc1cccc(NC(=O)C(C)Sc2cccc(NC(=S)Nc3ccccc3)c2)c1. The van der Waals surface area contributed by atoms with E-state index in [0.29, 0.717) is 5.11 Å². The summed E-state index contributed by atoms with van der Waals surface area (Å²) >= 11 is 6.89. The molecule has 1 atom stereocenters. The number of benzene rings is 3. The summed E-state index contributed by atoms with van der Waals surface area (Å²) in [5, 5.41) is 9.59. The van der Waals surface area contributed by atoms with Crippen LogP contribution in [0.25, 0.3) is 0 Å². The van der Waals surface area contributed by atoms with E-state index in [1.54, 1.807) is 0 Å². The highest BCUT2D eigenvalue weighted by atomic mass is 32.2. The lowest BCUT2D eigenvalue weighted by molar-refractivity contribution is -0.115. The minimum absolute atomic E-state index is 0.0276. The van der Waals surface area contributed by atoms with Gasteiger partial charge in [-0.3, -0.25) is 4.79 Å². The van der Waals surface area contributed by atoms with Gasteiger partial charge in [0.15, 0.2) is 5.11 Å². The summed E-state index contributed by atoms with van der Waals surface area (Å²) in [4.78, 5) is 13.5. The summed E-state index contributed by atoms with van der Waals surface area (Å²) in [6, 6.07) is 25.4. The molecule has 0 heterocycles. The molecular formula is C23H23N3OS2. The van der Waals surface area contributed by atoms with Gasteiger partial charge in [0, 0.05) is 22.0 Å². The highest BCUT2D eigenvalue weighted by Gasteiger charge is 2.15. The topological polar surface area (TPSA) is 53.2 Å². The van der Waals surface area contributed by atoms with Crippen molar-refractivity contribution in [1.29, 1.82) is 0 Å². The lowest BCUT2D eigenvalue weighted by Gasteiger charge is -2.14. The average molecular weight is 422 g/mol. The fourth-order valence-corrected chi connectivity index (χ4v) is 3.85. The monoisotopic (exact) mass is 421 g/mol. The van der Waals surface area contributed by atoms with Gasteiger partial charge in [-0.15, -0.1) is 11.8 Å². The van der Waals surface area contributed by atoms with Crippen LogP contribution in [0, 0.1) is 6.92 Å². The molecule has 3 rings (SSSR count). The van der Waals surface area contributed by atoms with Crippen molar-refractivity contribution in [3.8, 4) is 0 Å². The van der Waals surface area contributed by atoms with E-state index in [1.165, 1.54) is 11.8 Å². The van der Waals surface area contributed by atoms with Gasteiger partial charge in [0.25, 0.3) is 0 Å². The Kier molecular flexibility index (Phi) is 7.27. The second-order valence-electron chi connectivity index (χ2n) is 6.59. The van der Waals surface area contributed by atoms with Crippen LogP contribution in [0.1, 0.15) is 12.5 Å². The minimum atomic E-state index is -0.236. The van der Waals surface area contributed by atoms with E-state index in [9.17, 15) is 4.79 Å². The van der Waals surface area contributed by atoms with E-state index in [-0.39, 0.29) is 11.2 Å². The Balaban J connectivity index is 1.57. The first-order chi connectivity index (χ1) is 14.0. The van der Waals surface area contributed by atoms with E-state index in [0.717, 1.165) is 27.5 Å². The highest BCUT2D eigenvalue weighted by molar-refractivity contribution is 8.00. The number of aryl methyl sites for hydroxylation is 1. The third-order valence-corrected chi connectivity index (χ3v) is 5.39. The van der Waals surface area contributed by atoms with E-state index in [2.05, 4.69) is 16.0 Å². The number of anilines is 3. The molecule has 0 aliphatic rings. The van der Waals surface area contributed by atoms with Crippen molar-refractivity contribution >= 4 is 52.1 Å². The Morgan fingerprint density at radius 1 is 0.828 bits per heavy atom. The Bertz CT molecular complexity index is 992. The smallest absolute Gasteiger partial charge is 0.237 e. The van der Waals surface area contributed by atoms with Gasteiger partial charge in [-0.25, -0.2) is 0 Å². The van der Waals surface area contributed by atoms with Crippen molar-refractivity contribution in [3.63, 3.8) is 0 Å². The van der Waals surface area contributed by atoms with Crippen LogP contribution < -0.4 is 16.0 Å². The van der Waals surface area contributed by atoms with E-state index in [1.807, 2.05) is 92.7 Å². The summed E-state index contributed by atoms with van der Waals surface area (Å²) in [5.41, 5.74) is 3.73. The molecule has 1 unspecified atom stereocenters. The van der Waals surface area contributed by atoms with Crippen molar-refractivity contribution in [2.24, 2.45) is 0 Å². The summed E-state index contributed by atoms with van der Waals surface area (Å²) in [6.07, 6.45) is 0. The molecule has 0 saturated heterocycles. The number of carbonyl (C=O) groups excluding carboxylic acids is 1. The third-order valence-electron chi connectivity index (χ3n) is 4.09. The predicted octanol–water partition coefficient (Wildman–Crippen LogP) is 5.92. The standard InChI is InChI=1S/C23H23N3OS2/c1-16-8-6-11-19(14-16)24-22(27)17(2)29-21-13-7-12-20(15-21)26-23(28)25-18-9-4-3-5-10-18/h3-15,17H,1-2H3,(H,24,27)(H2,25,26,28). The quantitative estimate of drug-likeness (QED) is 0.340. The van der Waals surface area contributed by atoms with Gasteiger partial charge in [0.2, 0.25) is 5.91 Å². The second-order valence-corrected chi connectivity index (χ2v) is 8.41. The first-order valence-electron chi connectivity index (χ1n) is 9.27. The first-order valence-corrected chi connectivity index (χ1v) is 10.6. The van der Waals surface area contributed by atoms with Gasteiger partial charge in [-0.05, 0) is 74.1 Å². The molecule has 1 amide bonds. The summed E-state index contributed by atoms with van der Waals surface area (Å²) in [7, 11) is 0. The van der Waals surface area contributed by atoms with Crippen molar-refractivity contribution in [2.75, 3.05) is 16.0 Å². The Labute approximate surface area is 181 Å². The van der Waals surface area contributed by atoms with Gasteiger partial charge in [0.05, 0.1) is 5.25 Å². The zero-order valence-electron chi connectivity index (χ0n) is 16.3. The zero-order valence-corrected chi connectivity index (χ0v) is 17.9. The molecular weight excluding hydrogens is 398 g/mol. The fourth-order valence-electron chi connectivity index (χ4n) is 2.69. The number of thiocarbonyl (C=S) groups is 1.